The first-order chi connectivity index (χ1) is 8.74. The highest BCUT2D eigenvalue weighted by molar-refractivity contribution is 5.42. The molecule has 0 bridgehead atoms. The molecule has 18 heavy (non-hydrogen) atoms. The van der Waals surface area contributed by atoms with Gasteiger partial charge in [-0.1, -0.05) is 12.1 Å². The maximum atomic E-state index is 9.00. The zero-order valence-corrected chi connectivity index (χ0v) is 10.6. The van der Waals surface area contributed by atoms with Gasteiger partial charge < -0.3 is 9.84 Å². The van der Waals surface area contributed by atoms with Gasteiger partial charge in [-0.3, -0.25) is 4.90 Å². The molecule has 0 radical (unpaired) electrons. The standard InChI is InChI=1S/C14H18N2O2/c1-3-6-16(7-8-17)11-13-5-4-12(10-15)9-14(13)18-2/h3-5,9,17H,1,6-8,11H2,2H3. The first kappa shape index (κ1) is 14.2. The van der Waals surface area contributed by atoms with Crippen LogP contribution in [0.15, 0.2) is 30.9 Å². The Kier molecular flexibility index (Phi) is 5.92. The van der Waals surface area contributed by atoms with Crippen molar-refractivity contribution in [3.05, 3.63) is 42.0 Å². The lowest BCUT2D eigenvalue weighted by molar-refractivity contribution is 0.202. The zero-order valence-electron chi connectivity index (χ0n) is 10.6. The summed E-state index contributed by atoms with van der Waals surface area (Å²) in [5.74, 6) is 0.695. The third kappa shape index (κ3) is 3.88. The highest BCUT2D eigenvalue weighted by atomic mass is 16.5. The molecule has 1 aromatic carbocycles. The average molecular weight is 246 g/mol. The molecule has 4 heteroatoms. The molecule has 1 aromatic rings. The summed E-state index contributed by atoms with van der Waals surface area (Å²) in [4.78, 5) is 2.05. The molecule has 0 aliphatic heterocycles. The molecule has 0 aliphatic rings. The van der Waals surface area contributed by atoms with Gasteiger partial charge in [0.1, 0.15) is 5.75 Å². The van der Waals surface area contributed by atoms with Crippen molar-refractivity contribution < 1.29 is 9.84 Å². The van der Waals surface area contributed by atoms with Crippen LogP contribution in [-0.2, 0) is 6.54 Å². The Morgan fingerprint density at radius 3 is 2.89 bits per heavy atom. The summed E-state index contributed by atoms with van der Waals surface area (Å²) in [6.07, 6.45) is 1.80. The molecule has 0 spiro atoms. The molecule has 0 saturated carbocycles. The summed E-state index contributed by atoms with van der Waals surface area (Å²) in [7, 11) is 1.59. The predicted molar refractivity (Wildman–Crippen MR) is 70.3 cm³/mol. The second kappa shape index (κ2) is 7.49. The predicted octanol–water partition coefficient (Wildman–Crippen LogP) is 1.55. The molecule has 0 amide bonds. The first-order valence-electron chi connectivity index (χ1n) is 5.76. The van der Waals surface area contributed by atoms with E-state index in [2.05, 4.69) is 17.5 Å². The van der Waals surface area contributed by atoms with Crippen LogP contribution in [0.2, 0.25) is 0 Å². The fraction of sp³-hybridized carbons (Fsp3) is 0.357. The fourth-order valence-corrected chi connectivity index (χ4v) is 1.74. The van der Waals surface area contributed by atoms with Crippen molar-refractivity contribution in [1.29, 1.82) is 5.26 Å². The Bertz CT molecular complexity index is 438. The van der Waals surface area contributed by atoms with Crippen LogP contribution >= 0.6 is 0 Å². The van der Waals surface area contributed by atoms with Gasteiger partial charge in [0.05, 0.1) is 25.3 Å². The van der Waals surface area contributed by atoms with Crippen LogP contribution in [0.3, 0.4) is 0 Å². The minimum absolute atomic E-state index is 0.104. The van der Waals surface area contributed by atoms with Gasteiger partial charge >= 0.3 is 0 Å². The summed E-state index contributed by atoms with van der Waals surface area (Å²) < 4.78 is 5.28. The summed E-state index contributed by atoms with van der Waals surface area (Å²) in [6.45, 7) is 5.73. The molecule has 0 fully saturated rings. The minimum atomic E-state index is 0.104. The fourth-order valence-electron chi connectivity index (χ4n) is 1.74. The topological polar surface area (TPSA) is 56.5 Å². The molecular weight excluding hydrogens is 228 g/mol. The minimum Gasteiger partial charge on any atom is -0.496 e. The van der Waals surface area contributed by atoms with Gasteiger partial charge in [0.2, 0.25) is 0 Å². The van der Waals surface area contributed by atoms with Gasteiger partial charge in [-0.05, 0) is 12.1 Å². The van der Waals surface area contributed by atoms with Crippen molar-refractivity contribution in [3.63, 3.8) is 0 Å². The number of benzene rings is 1. The lowest BCUT2D eigenvalue weighted by Gasteiger charge is -2.20. The second-order valence-electron chi connectivity index (χ2n) is 3.89. The molecule has 96 valence electrons. The van der Waals surface area contributed by atoms with Crippen LogP contribution in [0.4, 0.5) is 0 Å². The van der Waals surface area contributed by atoms with Crippen molar-refractivity contribution in [1.82, 2.24) is 4.90 Å². The van der Waals surface area contributed by atoms with Gasteiger partial charge in [0.25, 0.3) is 0 Å². The van der Waals surface area contributed by atoms with Crippen molar-refractivity contribution >= 4 is 0 Å². The average Bonchev–Trinajstić information content (AvgIpc) is 2.39. The Hall–Kier alpha value is -1.83. The smallest absolute Gasteiger partial charge is 0.124 e. The zero-order chi connectivity index (χ0) is 13.4. The molecule has 1 rings (SSSR count). The van der Waals surface area contributed by atoms with E-state index in [0.29, 0.717) is 30.9 Å². The summed E-state index contributed by atoms with van der Waals surface area (Å²) >= 11 is 0. The lowest BCUT2D eigenvalue weighted by atomic mass is 10.1. The van der Waals surface area contributed by atoms with Crippen LogP contribution in [-0.4, -0.2) is 36.8 Å². The van der Waals surface area contributed by atoms with Crippen LogP contribution in [0.25, 0.3) is 0 Å². The number of hydrogen-bond donors (Lipinski definition) is 1. The molecule has 0 aliphatic carbocycles. The number of rotatable bonds is 7. The Balaban J connectivity index is 2.87. The molecule has 0 heterocycles. The quantitative estimate of drug-likeness (QED) is 0.742. The van der Waals surface area contributed by atoms with E-state index in [1.54, 1.807) is 25.3 Å². The summed E-state index contributed by atoms with van der Waals surface area (Å²) in [6, 6.07) is 7.45. The van der Waals surface area contributed by atoms with E-state index >= 15 is 0 Å². The van der Waals surface area contributed by atoms with Crippen LogP contribution in [0.1, 0.15) is 11.1 Å². The second-order valence-corrected chi connectivity index (χ2v) is 3.89. The number of nitriles is 1. The number of ether oxygens (including phenoxy) is 1. The van der Waals surface area contributed by atoms with E-state index in [4.69, 9.17) is 15.1 Å². The molecule has 0 saturated heterocycles. The molecule has 1 N–H and O–H groups in total. The lowest BCUT2D eigenvalue weighted by Crippen LogP contribution is -2.26. The van der Waals surface area contributed by atoms with Crippen LogP contribution in [0.5, 0.6) is 5.75 Å². The number of aliphatic hydroxyl groups excluding tert-OH is 1. The van der Waals surface area contributed by atoms with Gasteiger partial charge in [-0.15, -0.1) is 6.58 Å². The third-order valence-electron chi connectivity index (χ3n) is 2.61. The summed E-state index contributed by atoms with van der Waals surface area (Å²) in [5, 5.41) is 17.8. The van der Waals surface area contributed by atoms with E-state index in [1.807, 2.05) is 6.07 Å². The maximum Gasteiger partial charge on any atom is 0.124 e. The van der Waals surface area contributed by atoms with Crippen molar-refractivity contribution in [2.45, 2.75) is 6.54 Å². The number of methoxy groups -OCH3 is 1. The largest absolute Gasteiger partial charge is 0.496 e. The van der Waals surface area contributed by atoms with Crippen LogP contribution < -0.4 is 4.74 Å². The van der Waals surface area contributed by atoms with Gasteiger partial charge in [-0.2, -0.15) is 5.26 Å². The van der Waals surface area contributed by atoms with E-state index < -0.39 is 0 Å². The van der Waals surface area contributed by atoms with E-state index in [1.165, 1.54) is 0 Å². The van der Waals surface area contributed by atoms with Gasteiger partial charge in [0.15, 0.2) is 0 Å². The Morgan fingerprint density at radius 2 is 2.33 bits per heavy atom. The monoisotopic (exact) mass is 246 g/mol. The van der Waals surface area contributed by atoms with Crippen molar-refractivity contribution in [2.75, 3.05) is 26.8 Å². The highest BCUT2D eigenvalue weighted by Crippen LogP contribution is 2.21. The normalized spacial score (nSPS) is 10.1. The van der Waals surface area contributed by atoms with Crippen molar-refractivity contribution in [3.8, 4) is 11.8 Å². The number of hydrogen-bond acceptors (Lipinski definition) is 4. The van der Waals surface area contributed by atoms with E-state index in [-0.39, 0.29) is 6.61 Å². The molecule has 0 unspecified atom stereocenters. The number of aliphatic hydroxyl groups is 1. The Labute approximate surface area is 108 Å². The van der Waals surface area contributed by atoms with Gasteiger partial charge in [-0.25, -0.2) is 0 Å². The van der Waals surface area contributed by atoms with Crippen LogP contribution in [0, 0.1) is 11.3 Å². The SMILES string of the molecule is C=CCN(CCO)Cc1ccc(C#N)cc1OC. The molecule has 4 nitrogen and oxygen atoms in total. The maximum absolute atomic E-state index is 9.00. The van der Waals surface area contributed by atoms with E-state index in [0.717, 1.165) is 5.56 Å². The molecule has 0 atom stereocenters. The molecular formula is C14H18N2O2. The highest BCUT2D eigenvalue weighted by Gasteiger charge is 2.09. The Morgan fingerprint density at radius 1 is 1.56 bits per heavy atom. The van der Waals surface area contributed by atoms with E-state index in [9.17, 15) is 0 Å². The first-order valence-corrected chi connectivity index (χ1v) is 5.76. The number of nitrogens with zero attached hydrogens (tertiary/aromatic N) is 2. The van der Waals surface area contributed by atoms with Crippen molar-refractivity contribution in [2.24, 2.45) is 0 Å². The molecule has 0 aromatic heterocycles. The third-order valence-corrected chi connectivity index (χ3v) is 2.61. The summed E-state index contributed by atoms with van der Waals surface area (Å²) in [5.41, 5.74) is 1.57. The van der Waals surface area contributed by atoms with Gasteiger partial charge in [0, 0.05) is 25.2 Å².